The van der Waals surface area contributed by atoms with Crippen molar-refractivity contribution < 1.29 is 102 Å². The first kappa shape index (κ1) is 82.9. The molecule has 0 saturated heterocycles. The van der Waals surface area contributed by atoms with Crippen molar-refractivity contribution in [3.8, 4) is 115 Å². The number of phenols is 20. The Kier molecular flexibility index (Phi) is 27.8. The van der Waals surface area contributed by atoms with E-state index in [0.717, 1.165) is 111 Å². The molecule has 20 nitrogen and oxygen atoms in total. The fraction of sp³-hybridized carbons (Fsp3) is 0.191. The minimum atomic E-state index is -0.513. The van der Waals surface area contributed by atoms with E-state index in [4.69, 9.17) is 5.11 Å². The van der Waals surface area contributed by atoms with E-state index in [2.05, 4.69) is 0 Å². The molecule has 12 aromatic carbocycles. The number of aromatic hydroxyl groups is 20. The molecule has 0 spiro atoms. The lowest BCUT2D eigenvalue weighted by atomic mass is 9.97. The second-order valence-electron chi connectivity index (χ2n) is 27.2. The Hall–Kier alpha value is -13.4. The number of rotatable bonds is 12. The number of aryl methyl sites for hydroxylation is 10. The molecule has 12 rings (SSSR count). The van der Waals surface area contributed by atoms with Crippen LogP contribution in [0.3, 0.4) is 0 Å². The van der Waals surface area contributed by atoms with Crippen LogP contribution in [-0.4, -0.2) is 102 Å². The van der Waals surface area contributed by atoms with Gasteiger partial charge in [-0.2, -0.15) is 0 Å². The summed E-state index contributed by atoms with van der Waals surface area (Å²) < 4.78 is 0. The normalized spacial score (nSPS) is 10.6. The minimum Gasteiger partial charge on any atom is -0.508 e. The predicted octanol–water partition coefficient (Wildman–Crippen LogP) is 17.2. The minimum absolute atomic E-state index is 0.0503. The molecule has 0 aliphatic heterocycles. The van der Waals surface area contributed by atoms with Crippen LogP contribution in [0.4, 0.5) is 0 Å². The Bertz CT molecular complexity index is 4890. The maximum absolute atomic E-state index is 10.0. The zero-order valence-corrected chi connectivity index (χ0v) is 62.4. The molecule has 0 atom stereocenters. The molecule has 0 aliphatic carbocycles. The van der Waals surface area contributed by atoms with Gasteiger partial charge < -0.3 is 102 Å². The monoisotopic (exact) mass is 1480 g/mol. The van der Waals surface area contributed by atoms with E-state index in [9.17, 15) is 97.0 Å². The summed E-state index contributed by atoms with van der Waals surface area (Å²) in [5, 5.41) is 190. The van der Waals surface area contributed by atoms with Gasteiger partial charge in [0.1, 0.15) is 57.5 Å². The van der Waals surface area contributed by atoms with Gasteiger partial charge in [0, 0.05) is 48.4 Å². The zero-order chi connectivity index (χ0) is 80.6. The highest BCUT2D eigenvalue weighted by Gasteiger charge is 2.17. The van der Waals surface area contributed by atoms with E-state index in [1.54, 1.807) is 112 Å². The molecule has 109 heavy (non-hydrogen) atoms. The Morgan fingerprint density at radius 3 is 0.725 bits per heavy atom. The van der Waals surface area contributed by atoms with Crippen molar-refractivity contribution in [3.63, 3.8) is 0 Å². The van der Waals surface area contributed by atoms with Gasteiger partial charge >= 0.3 is 0 Å². The highest BCUT2D eigenvalue weighted by Crippen LogP contribution is 2.41. The lowest BCUT2D eigenvalue weighted by Gasteiger charge is -2.11. The third-order valence-corrected chi connectivity index (χ3v) is 18.3. The third-order valence-electron chi connectivity index (χ3n) is 18.3. The van der Waals surface area contributed by atoms with Crippen molar-refractivity contribution in [1.82, 2.24) is 0 Å². The van der Waals surface area contributed by atoms with Crippen LogP contribution in [0.25, 0.3) is 0 Å². The fourth-order valence-electron chi connectivity index (χ4n) is 12.1. The Morgan fingerprint density at radius 1 is 0.156 bits per heavy atom. The standard InChI is InChI=1S/2C16H18O3.C15H16O4.C15H16O3.C14H14O3.C13H12O4/c1-9-6-14(17)15(18)8-13(9)7-12-4-10(2)16(19)11(3)5-12;1-9-6-12(7-10(2)15(9)18)8-13-4-5-14(17)11(3)16(13)19;1-8-5-10(6-9(2)13(8)17)7-11-3-4-12(16)15(19)14(11)18;1-9-5-11(6-10(2)15(9)18)7-12-3-4-13(16)8-14(12)17;1-9-6-13(16)14(17)8-11(9)7-10-2-4-12(15)5-3-10;14-10-4-1-8(2-5-10)7-9-3-6-11(15)13(17)12(9)16/h4-6,8,17-19H,7H2,1-3H3;4-7,17-19H,8H2,1-3H3;3-6,16-19H,7H2,1-2H3;3-6,8,16-18H,7H2,1-2H3;2-6,8,15-17H,7H2,1H3;1-6,14-17H,7H2. The van der Waals surface area contributed by atoms with Gasteiger partial charge in [-0.3, -0.25) is 0 Å². The summed E-state index contributed by atoms with van der Waals surface area (Å²) in [5.41, 5.74) is 19.2. The molecule has 0 aliphatic rings. The molecule has 0 aromatic heterocycles. The lowest BCUT2D eigenvalue weighted by molar-refractivity contribution is 0.365. The Morgan fingerprint density at radius 2 is 0.404 bits per heavy atom. The van der Waals surface area contributed by atoms with Gasteiger partial charge in [0.2, 0.25) is 11.5 Å². The van der Waals surface area contributed by atoms with Crippen molar-refractivity contribution in [1.29, 1.82) is 0 Å². The van der Waals surface area contributed by atoms with Gasteiger partial charge in [-0.25, -0.2) is 0 Å². The third kappa shape index (κ3) is 22.3. The second-order valence-corrected chi connectivity index (χ2v) is 27.2. The van der Waals surface area contributed by atoms with E-state index in [1.807, 2.05) is 116 Å². The maximum atomic E-state index is 10.0. The van der Waals surface area contributed by atoms with Gasteiger partial charge in [0.25, 0.3) is 0 Å². The van der Waals surface area contributed by atoms with Gasteiger partial charge in [-0.1, -0.05) is 97.1 Å². The summed E-state index contributed by atoms with van der Waals surface area (Å²) in [6.07, 6.45) is 3.24. The fourth-order valence-corrected chi connectivity index (χ4v) is 12.1. The summed E-state index contributed by atoms with van der Waals surface area (Å²) in [6, 6.07) is 48.5. The van der Waals surface area contributed by atoms with Crippen LogP contribution in [0, 0.1) is 76.2 Å². The maximum Gasteiger partial charge on any atom is 0.200 e. The molecule has 0 unspecified atom stereocenters. The quantitative estimate of drug-likeness (QED) is 0.0505. The highest BCUT2D eigenvalue weighted by molar-refractivity contribution is 5.58. The first-order valence-corrected chi connectivity index (χ1v) is 34.5. The Labute approximate surface area is 632 Å². The van der Waals surface area contributed by atoms with Crippen LogP contribution in [0.15, 0.2) is 176 Å². The number of hydrogen-bond donors (Lipinski definition) is 20. The van der Waals surface area contributed by atoms with Crippen LogP contribution in [0.5, 0.6) is 115 Å². The molecule has 0 fully saturated rings. The van der Waals surface area contributed by atoms with E-state index >= 15 is 0 Å². The number of hydrogen-bond acceptors (Lipinski definition) is 20. The molecular formula is C89H94O20. The van der Waals surface area contributed by atoms with Gasteiger partial charge in [0.15, 0.2) is 46.0 Å². The Balaban J connectivity index is 0.000000182. The summed E-state index contributed by atoms with van der Waals surface area (Å²) in [4.78, 5) is 0. The van der Waals surface area contributed by atoms with E-state index in [-0.39, 0.29) is 86.2 Å². The molecule has 20 N–H and O–H groups in total. The van der Waals surface area contributed by atoms with Crippen LogP contribution >= 0.6 is 0 Å². The van der Waals surface area contributed by atoms with Crippen LogP contribution in [0.2, 0.25) is 0 Å². The van der Waals surface area contributed by atoms with E-state index in [0.29, 0.717) is 72.5 Å². The smallest absolute Gasteiger partial charge is 0.200 e. The first-order chi connectivity index (χ1) is 51.3. The van der Waals surface area contributed by atoms with Crippen molar-refractivity contribution in [2.45, 2.75) is 115 Å². The highest BCUT2D eigenvalue weighted by atomic mass is 16.3. The summed E-state index contributed by atoms with van der Waals surface area (Å²) in [5.74, 6) is -0.780. The molecule has 0 heterocycles. The average Bonchev–Trinajstić information content (AvgIpc) is 0.872. The van der Waals surface area contributed by atoms with Crippen molar-refractivity contribution >= 4 is 0 Å². The molecular weight excluding hydrogens is 1390 g/mol. The molecule has 0 amide bonds. The molecule has 0 saturated carbocycles. The average molecular weight is 1480 g/mol. The van der Waals surface area contributed by atoms with Crippen molar-refractivity contribution in [2.24, 2.45) is 0 Å². The van der Waals surface area contributed by atoms with Crippen LogP contribution in [0.1, 0.15) is 128 Å². The van der Waals surface area contributed by atoms with Crippen LogP contribution < -0.4 is 0 Å². The summed E-state index contributed by atoms with van der Waals surface area (Å²) in [7, 11) is 0. The van der Waals surface area contributed by atoms with Crippen LogP contribution in [-0.2, 0) is 38.5 Å². The molecule has 20 heteroatoms. The molecule has 0 radical (unpaired) electrons. The summed E-state index contributed by atoms with van der Waals surface area (Å²) >= 11 is 0. The topological polar surface area (TPSA) is 405 Å². The first-order valence-electron chi connectivity index (χ1n) is 34.5. The second kappa shape index (κ2) is 36.6. The van der Waals surface area contributed by atoms with Gasteiger partial charge in [-0.15, -0.1) is 0 Å². The lowest BCUT2D eigenvalue weighted by Crippen LogP contribution is -1.94. The van der Waals surface area contributed by atoms with Crippen molar-refractivity contribution in [3.05, 3.63) is 304 Å². The van der Waals surface area contributed by atoms with E-state index in [1.165, 1.54) is 24.3 Å². The number of benzene rings is 12. The SMILES string of the molecule is Cc1cc(Cc2ccc(O)c(C)c2O)cc(C)c1O.Cc1cc(Cc2ccc(O)c(O)c2O)cc(C)c1O.Cc1cc(Cc2ccc(O)cc2O)cc(C)c1O.Cc1cc(O)c(O)cc1Cc1cc(C)c(O)c(C)c1.Cc1cc(O)c(O)cc1Cc1ccc(O)cc1.Oc1ccc(Cc2ccc(O)c(O)c2O)cc1. The van der Waals surface area contributed by atoms with Crippen molar-refractivity contribution in [2.75, 3.05) is 0 Å². The predicted molar refractivity (Wildman–Crippen MR) is 420 cm³/mol. The molecule has 12 aromatic rings. The number of phenolic OH excluding ortho intramolecular Hbond substituents is 20. The van der Waals surface area contributed by atoms with Gasteiger partial charge in [0.05, 0.1) is 0 Å². The van der Waals surface area contributed by atoms with E-state index < -0.39 is 11.5 Å². The zero-order valence-electron chi connectivity index (χ0n) is 62.4. The van der Waals surface area contributed by atoms with Gasteiger partial charge in [-0.05, 0) is 273 Å². The largest absolute Gasteiger partial charge is 0.508 e. The summed E-state index contributed by atoms with van der Waals surface area (Å²) in [6.45, 7) is 20.2. The molecule has 570 valence electrons. The molecule has 0 bridgehead atoms.